The zero-order valence-corrected chi connectivity index (χ0v) is 16.1. The predicted molar refractivity (Wildman–Crippen MR) is 108 cm³/mol. The minimum absolute atomic E-state index is 0.0606. The zero-order chi connectivity index (χ0) is 17.8. The molecule has 4 nitrogen and oxygen atoms in total. The highest BCUT2D eigenvalue weighted by atomic mass is 32.1. The number of aromatic nitrogens is 1. The fourth-order valence-electron chi connectivity index (χ4n) is 3.16. The van der Waals surface area contributed by atoms with Gasteiger partial charge in [-0.1, -0.05) is 30.3 Å². The Balaban J connectivity index is 1.29. The number of rotatable bonds is 5. The van der Waals surface area contributed by atoms with Crippen LogP contribution in [0.5, 0.6) is 0 Å². The van der Waals surface area contributed by atoms with Gasteiger partial charge in [-0.2, -0.15) is 11.3 Å². The molecule has 2 aromatic heterocycles. The second kappa shape index (κ2) is 8.12. The van der Waals surface area contributed by atoms with Crippen molar-refractivity contribution >= 4 is 28.6 Å². The number of hydrogen-bond acceptors (Lipinski definition) is 5. The van der Waals surface area contributed by atoms with E-state index in [2.05, 4.69) is 45.6 Å². The van der Waals surface area contributed by atoms with E-state index in [0.29, 0.717) is 5.69 Å². The number of hydrogen-bond donors (Lipinski definition) is 0. The number of amides is 1. The first kappa shape index (κ1) is 17.4. The summed E-state index contributed by atoms with van der Waals surface area (Å²) in [6, 6.07) is 12.6. The molecule has 1 fully saturated rings. The van der Waals surface area contributed by atoms with Gasteiger partial charge in [-0.05, 0) is 23.4 Å². The molecule has 0 saturated carbocycles. The SMILES string of the molecule is O=C(c1csc(-c2ccsc2)n1)N1CCN(CCc2ccccc2)CC1. The molecule has 134 valence electrons. The van der Waals surface area contributed by atoms with Crippen molar-refractivity contribution in [2.24, 2.45) is 0 Å². The molecule has 1 aliphatic heterocycles. The molecule has 3 heterocycles. The Morgan fingerprint density at radius 3 is 2.58 bits per heavy atom. The summed E-state index contributed by atoms with van der Waals surface area (Å²) >= 11 is 3.19. The highest BCUT2D eigenvalue weighted by Gasteiger charge is 2.23. The monoisotopic (exact) mass is 383 g/mol. The second-order valence-electron chi connectivity index (χ2n) is 6.42. The van der Waals surface area contributed by atoms with E-state index in [0.717, 1.165) is 49.7 Å². The predicted octanol–water partition coefficient (Wildman–Crippen LogP) is 3.87. The molecule has 0 atom stereocenters. The summed E-state index contributed by atoms with van der Waals surface area (Å²) in [5.74, 6) is 0.0606. The van der Waals surface area contributed by atoms with Crippen molar-refractivity contribution in [2.75, 3.05) is 32.7 Å². The third-order valence-electron chi connectivity index (χ3n) is 4.71. The van der Waals surface area contributed by atoms with Gasteiger partial charge in [0.25, 0.3) is 5.91 Å². The van der Waals surface area contributed by atoms with Crippen LogP contribution in [0.3, 0.4) is 0 Å². The van der Waals surface area contributed by atoms with Crippen LogP contribution in [0.2, 0.25) is 0 Å². The van der Waals surface area contributed by atoms with E-state index in [-0.39, 0.29) is 5.91 Å². The van der Waals surface area contributed by atoms with E-state index in [1.807, 2.05) is 21.7 Å². The lowest BCUT2D eigenvalue weighted by Crippen LogP contribution is -2.49. The maximum absolute atomic E-state index is 12.7. The van der Waals surface area contributed by atoms with Crippen molar-refractivity contribution < 1.29 is 4.79 Å². The smallest absolute Gasteiger partial charge is 0.273 e. The first-order valence-corrected chi connectivity index (χ1v) is 10.7. The summed E-state index contributed by atoms with van der Waals surface area (Å²) in [7, 11) is 0. The van der Waals surface area contributed by atoms with Crippen LogP contribution < -0.4 is 0 Å². The van der Waals surface area contributed by atoms with Gasteiger partial charge < -0.3 is 4.90 Å². The standard InChI is InChI=1S/C20H21N3OS2/c24-20(18-15-26-19(21-18)17-7-13-25-14-17)23-11-9-22(10-12-23)8-6-16-4-2-1-3-5-16/h1-5,7,13-15H,6,8-12H2. The Kier molecular flexibility index (Phi) is 5.43. The van der Waals surface area contributed by atoms with E-state index in [1.54, 1.807) is 22.7 Å². The summed E-state index contributed by atoms with van der Waals surface area (Å²) in [5, 5.41) is 6.92. The van der Waals surface area contributed by atoms with Crippen molar-refractivity contribution in [2.45, 2.75) is 6.42 Å². The summed E-state index contributed by atoms with van der Waals surface area (Å²) in [4.78, 5) is 21.6. The third-order valence-corrected chi connectivity index (χ3v) is 6.29. The Hall–Kier alpha value is -2.02. The maximum Gasteiger partial charge on any atom is 0.273 e. The average molecular weight is 384 g/mol. The van der Waals surface area contributed by atoms with Gasteiger partial charge in [0.2, 0.25) is 0 Å². The van der Waals surface area contributed by atoms with E-state index < -0.39 is 0 Å². The fraction of sp³-hybridized carbons (Fsp3) is 0.300. The van der Waals surface area contributed by atoms with Crippen LogP contribution in [0.15, 0.2) is 52.5 Å². The van der Waals surface area contributed by atoms with Crippen molar-refractivity contribution in [1.82, 2.24) is 14.8 Å². The lowest BCUT2D eigenvalue weighted by molar-refractivity contribution is 0.0633. The van der Waals surface area contributed by atoms with Crippen molar-refractivity contribution in [3.63, 3.8) is 0 Å². The van der Waals surface area contributed by atoms with Crippen LogP contribution in [0.25, 0.3) is 10.6 Å². The van der Waals surface area contributed by atoms with Crippen molar-refractivity contribution in [1.29, 1.82) is 0 Å². The summed E-state index contributed by atoms with van der Waals surface area (Å²) in [5.41, 5.74) is 3.05. The first-order chi connectivity index (χ1) is 12.8. The molecule has 6 heteroatoms. The highest BCUT2D eigenvalue weighted by Crippen LogP contribution is 2.26. The van der Waals surface area contributed by atoms with Gasteiger partial charge in [0, 0.05) is 49.0 Å². The minimum atomic E-state index is 0.0606. The number of piperazine rings is 1. The number of thiazole rings is 1. The topological polar surface area (TPSA) is 36.4 Å². The number of carbonyl (C=O) groups excluding carboxylic acids is 1. The zero-order valence-electron chi connectivity index (χ0n) is 14.5. The second-order valence-corrected chi connectivity index (χ2v) is 8.06. The van der Waals surface area contributed by atoms with E-state index >= 15 is 0 Å². The molecule has 0 bridgehead atoms. The Bertz CT molecular complexity index is 837. The number of thiophene rings is 1. The first-order valence-electron chi connectivity index (χ1n) is 8.83. The summed E-state index contributed by atoms with van der Waals surface area (Å²) < 4.78 is 0. The summed E-state index contributed by atoms with van der Waals surface area (Å²) in [6.45, 7) is 4.46. The largest absolute Gasteiger partial charge is 0.335 e. The molecule has 26 heavy (non-hydrogen) atoms. The van der Waals surface area contributed by atoms with E-state index in [4.69, 9.17) is 0 Å². The van der Waals surface area contributed by atoms with Gasteiger partial charge in [0.1, 0.15) is 10.7 Å². The Morgan fingerprint density at radius 1 is 1.04 bits per heavy atom. The summed E-state index contributed by atoms with van der Waals surface area (Å²) in [6.07, 6.45) is 1.06. The molecular weight excluding hydrogens is 362 g/mol. The molecule has 4 rings (SSSR count). The molecule has 1 aromatic carbocycles. The molecule has 3 aromatic rings. The average Bonchev–Trinajstić information content (AvgIpc) is 3.38. The van der Waals surface area contributed by atoms with Crippen LogP contribution >= 0.6 is 22.7 Å². The minimum Gasteiger partial charge on any atom is -0.335 e. The fourth-order valence-corrected chi connectivity index (χ4v) is 4.67. The molecule has 1 amide bonds. The molecule has 0 N–H and O–H groups in total. The molecule has 1 saturated heterocycles. The van der Waals surface area contributed by atoms with Crippen LogP contribution in [0, 0.1) is 0 Å². The molecular formula is C20H21N3OS2. The van der Waals surface area contributed by atoms with Crippen molar-refractivity contribution in [3.05, 3.63) is 63.8 Å². The van der Waals surface area contributed by atoms with Gasteiger partial charge >= 0.3 is 0 Å². The lowest BCUT2D eigenvalue weighted by atomic mass is 10.1. The number of nitrogens with zero attached hydrogens (tertiary/aromatic N) is 3. The number of benzene rings is 1. The van der Waals surface area contributed by atoms with Gasteiger partial charge in [-0.15, -0.1) is 11.3 Å². The molecule has 1 aliphatic rings. The molecule has 0 aliphatic carbocycles. The van der Waals surface area contributed by atoms with Crippen LogP contribution in [-0.4, -0.2) is 53.4 Å². The van der Waals surface area contributed by atoms with Gasteiger partial charge in [-0.3, -0.25) is 9.69 Å². The van der Waals surface area contributed by atoms with Gasteiger partial charge in [-0.25, -0.2) is 4.98 Å². The van der Waals surface area contributed by atoms with Gasteiger partial charge in [0.05, 0.1) is 0 Å². The van der Waals surface area contributed by atoms with E-state index in [9.17, 15) is 4.79 Å². The third kappa shape index (κ3) is 4.03. The lowest BCUT2D eigenvalue weighted by Gasteiger charge is -2.34. The molecule has 0 spiro atoms. The quantitative estimate of drug-likeness (QED) is 0.671. The van der Waals surface area contributed by atoms with Crippen LogP contribution in [0.4, 0.5) is 0 Å². The maximum atomic E-state index is 12.7. The van der Waals surface area contributed by atoms with E-state index in [1.165, 1.54) is 5.56 Å². The van der Waals surface area contributed by atoms with Crippen molar-refractivity contribution in [3.8, 4) is 10.6 Å². The Labute approximate surface area is 161 Å². The van der Waals surface area contributed by atoms with Crippen LogP contribution in [0.1, 0.15) is 16.1 Å². The highest BCUT2D eigenvalue weighted by molar-refractivity contribution is 7.14. The van der Waals surface area contributed by atoms with Gasteiger partial charge in [0.15, 0.2) is 0 Å². The Morgan fingerprint density at radius 2 is 1.85 bits per heavy atom. The molecule has 0 radical (unpaired) electrons. The number of carbonyl (C=O) groups is 1. The normalized spacial score (nSPS) is 15.3. The van der Waals surface area contributed by atoms with Crippen LogP contribution in [-0.2, 0) is 6.42 Å². The molecule has 0 unspecified atom stereocenters.